The largest absolute Gasteiger partial charge is 0.504 e. The fraction of sp³-hybridized carbons (Fsp3) is 0.385. The average molecular weight is 554 g/mol. The highest BCUT2D eigenvalue weighted by Crippen LogP contribution is 2.33. The molecule has 0 unspecified atom stereocenters. The molecule has 206 valence electrons. The van der Waals surface area contributed by atoms with E-state index in [0.717, 1.165) is 15.8 Å². The molecule has 0 radical (unpaired) electrons. The molecule has 3 heterocycles. The van der Waals surface area contributed by atoms with Gasteiger partial charge in [0.1, 0.15) is 12.2 Å². The first kappa shape index (κ1) is 26.5. The van der Waals surface area contributed by atoms with Crippen LogP contribution in [-0.2, 0) is 22.6 Å². The van der Waals surface area contributed by atoms with Gasteiger partial charge < -0.3 is 31.1 Å². The number of urea groups is 1. The van der Waals surface area contributed by atoms with Gasteiger partial charge in [-0.25, -0.2) is 9.78 Å². The fourth-order valence-electron chi connectivity index (χ4n) is 5.35. The first-order valence-corrected chi connectivity index (χ1v) is 13.5. The smallest absolute Gasteiger partial charge is 0.331 e. The van der Waals surface area contributed by atoms with E-state index in [1.807, 2.05) is 25.1 Å². The van der Waals surface area contributed by atoms with Crippen LogP contribution in [0.3, 0.4) is 0 Å². The third-order valence-electron chi connectivity index (χ3n) is 7.11. The van der Waals surface area contributed by atoms with Gasteiger partial charge in [-0.2, -0.15) is 5.01 Å². The topological polar surface area (TPSA) is 156 Å². The van der Waals surface area contributed by atoms with Gasteiger partial charge in [-0.1, -0.05) is 36.5 Å². The molecule has 0 saturated carbocycles. The molecule has 4 amide bonds. The van der Waals surface area contributed by atoms with E-state index in [4.69, 9.17) is 5.73 Å². The number of nitrogen functional groups attached to an aromatic ring is 1. The molecule has 12 nitrogen and oxygen atoms in total. The minimum absolute atomic E-state index is 0.0469. The van der Waals surface area contributed by atoms with E-state index in [-0.39, 0.29) is 55.4 Å². The van der Waals surface area contributed by atoms with Crippen molar-refractivity contribution in [2.75, 3.05) is 32.4 Å². The number of hydrogen-bond donors (Lipinski definition) is 4. The van der Waals surface area contributed by atoms with Gasteiger partial charge in [-0.15, -0.1) is 0 Å². The molecular weight excluding hydrogens is 522 g/mol. The van der Waals surface area contributed by atoms with E-state index < -0.39 is 12.2 Å². The maximum Gasteiger partial charge on any atom is 0.331 e. The molecule has 0 spiro atoms. The van der Waals surface area contributed by atoms with E-state index in [0.29, 0.717) is 23.7 Å². The molecule has 39 heavy (non-hydrogen) atoms. The molecule has 13 heteroatoms. The lowest BCUT2D eigenvalue weighted by molar-refractivity contribution is -0.157. The van der Waals surface area contributed by atoms with E-state index >= 15 is 0 Å². The van der Waals surface area contributed by atoms with Crippen LogP contribution in [0.5, 0.6) is 11.5 Å². The highest BCUT2D eigenvalue weighted by Gasteiger charge is 2.52. The number of carbonyl (C=O) groups is 3. The number of fused-ring (bicyclic) bond motifs is 2. The summed E-state index contributed by atoms with van der Waals surface area (Å²) in [4.78, 5) is 47.9. The Morgan fingerprint density at radius 3 is 2.74 bits per heavy atom. The van der Waals surface area contributed by atoms with E-state index in [1.165, 1.54) is 35.5 Å². The van der Waals surface area contributed by atoms with Crippen molar-refractivity contribution < 1.29 is 24.6 Å². The van der Waals surface area contributed by atoms with Gasteiger partial charge in [0, 0.05) is 26.6 Å². The molecule has 1 aromatic heterocycles. The monoisotopic (exact) mass is 553 g/mol. The maximum atomic E-state index is 14.0. The number of piperazine rings is 1. The fourth-order valence-corrected chi connectivity index (χ4v) is 6.14. The zero-order valence-electron chi connectivity index (χ0n) is 21.7. The Hall–Kier alpha value is -4.10. The van der Waals surface area contributed by atoms with Gasteiger partial charge in [-0.3, -0.25) is 14.6 Å². The number of hydrazine groups is 1. The van der Waals surface area contributed by atoms with Crippen molar-refractivity contribution in [1.29, 1.82) is 0 Å². The van der Waals surface area contributed by atoms with Gasteiger partial charge in [0.2, 0.25) is 11.8 Å². The second-order valence-corrected chi connectivity index (χ2v) is 10.7. The van der Waals surface area contributed by atoms with Crippen molar-refractivity contribution in [3.8, 4) is 11.5 Å². The number of aromatic hydroxyl groups is 2. The molecule has 2 saturated heterocycles. The van der Waals surface area contributed by atoms with Crippen LogP contribution in [0.1, 0.15) is 24.5 Å². The number of carbonyl (C=O) groups excluding carboxylic acids is 3. The Labute approximate surface area is 229 Å². The molecule has 2 aliphatic rings. The van der Waals surface area contributed by atoms with Crippen LogP contribution in [0.4, 0.5) is 9.93 Å². The van der Waals surface area contributed by atoms with Crippen LogP contribution in [0.2, 0.25) is 0 Å². The first-order chi connectivity index (χ1) is 18.7. The second kappa shape index (κ2) is 10.6. The number of benzene rings is 2. The molecule has 3 aromatic rings. The van der Waals surface area contributed by atoms with Crippen LogP contribution in [0.25, 0.3) is 10.2 Å². The van der Waals surface area contributed by atoms with Gasteiger partial charge in [0.25, 0.3) is 0 Å². The van der Waals surface area contributed by atoms with Gasteiger partial charge in [0.05, 0.1) is 23.3 Å². The number of thiazole rings is 1. The Bertz CT molecular complexity index is 1430. The lowest BCUT2D eigenvalue weighted by Crippen LogP contribution is -2.66. The quantitative estimate of drug-likeness (QED) is 0.322. The van der Waals surface area contributed by atoms with Crippen molar-refractivity contribution >= 4 is 44.5 Å². The van der Waals surface area contributed by atoms with Crippen LogP contribution in [0, 0.1) is 0 Å². The SMILES string of the molecule is CCCN(C(=O)NC)N1CC(=O)N2[C@@H](Cc3ccc(O)c(O)c3)C(=O)N(Cc3cccc4sc(N)nc34)C[C@@H]21. The first-order valence-electron chi connectivity index (χ1n) is 12.7. The predicted octanol–water partition coefficient (Wildman–Crippen LogP) is 1.68. The summed E-state index contributed by atoms with van der Waals surface area (Å²) in [7, 11) is 1.54. The van der Waals surface area contributed by atoms with Gasteiger partial charge in [-0.05, 0) is 35.7 Å². The summed E-state index contributed by atoms with van der Waals surface area (Å²) < 4.78 is 0.915. The summed E-state index contributed by atoms with van der Waals surface area (Å²) in [5.74, 6) is -1.09. The van der Waals surface area contributed by atoms with E-state index in [1.54, 1.807) is 20.9 Å². The number of rotatable bonds is 7. The second-order valence-electron chi connectivity index (χ2n) is 9.64. The molecule has 2 fully saturated rings. The van der Waals surface area contributed by atoms with Gasteiger partial charge >= 0.3 is 6.03 Å². The van der Waals surface area contributed by atoms with Crippen molar-refractivity contribution in [3.05, 3.63) is 47.5 Å². The Morgan fingerprint density at radius 1 is 1.23 bits per heavy atom. The highest BCUT2D eigenvalue weighted by molar-refractivity contribution is 7.22. The Balaban J connectivity index is 1.53. The number of amides is 4. The predicted molar refractivity (Wildman–Crippen MR) is 146 cm³/mol. The third kappa shape index (κ3) is 4.90. The molecule has 2 aliphatic heterocycles. The summed E-state index contributed by atoms with van der Waals surface area (Å²) in [5.41, 5.74) is 8.10. The van der Waals surface area contributed by atoms with Crippen molar-refractivity contribution in [1.82, 2.24) is 30.1 Å². The standard InChI is InChI=1S/C26H31N7O5S/c1-3-9-31(26(38)28-2)32-14-22(36)33-17(10-15-7-8-18(34)19(35)11-15)24(37)30(13-21(32)33)12-16-5-4-6-20-23(16)29-25(27)39-20/h4-8,11,17,21,34-35H,3,9-10,12-14H2,1-2H3,(H2,27,29)(H,28,38)/t17-,21+/m0/s1. The molecule has 5 rings (SSSR count). The summed E-state index contributed by atoms with van der Waals surface area (Å²) in [6.45, 7) is 2.74. The molecule has 0 aliphatic carbocycles. The van der Waals surface area contributed by atoms with Crippen LogP contribution in [-0.4, -0.2) is 91.7 Å². The third-order valence-corrected chi connectivity index (χ3v) is 7.96. The lowest BCUT2D eigenvalue weighted by atomic mass is 9.99. The van der Waals surface area contributed by atoms with Crippen molar-refractivity contribution in [2.45, 2.75) is 38.5 Å². The number of para-hydroxylation sites is 1. The summed E-state index contributed by atoms with van der Waals surface area (Å²) in [6, 6.07) is 8.87. The molecule has 2 aromatic carbocycles. The number of nitrogens with one attached hydrogen (secondary N) is 1. The number of phenolic OH excluding ortho intramolecular Hbond substituents is 2. The zero-order chi connectivity index (χ0) is 27.8. The van der Waals surface area contributed by atoms with E-state index in [9.17, 15) is 24.6 Å². The zero-order valence-corrected chi connectivity index (χ0v) is 22.5. The maximum absolute atomic E-state index is 14.0. The molecule has 5 N–H and O–H groups in total. The van der Waals surface area contributed by atoms with Crippen LogP contribution < -0.4 is 11.1 Å². The average Bonchev–Trinajstić information content (AvgIpc) is 3.45. The number of nitrogens with zero attached hydrogens (tertiary/aromatic N) is 5. The molecule has 2 atom stereocenters. The van der Waals surface area contributed by atoms with Crippen molar-refractivity contribution in [3.63, 3.8) is 0 Å². The highest BCUT2D eigenvalue weighted by atomic mass is 32.1. The number of anilines is 1. The molecule has 0 bridgehead atoms. The normalized spacial score (nSPS) is 19.5. The Kier molecular flexibility index (Phi) is 7.19. The summed E-state index contributed by atoms with van der Waals surface area (Å²) in [6.07, 6.45) is 0.229. The Morgan fingerprint density at radius 2 is 2.03 bits per heavy atom. The molecular formula is C26H31N7O5S. The number of nitrogens with two attached hydrogens (primary N) is 1. The number of aromatic nitrogens is 1. The van der Waals surface area contributed by atoms with E-state index in [2.05, 4.69) is 10.3 Å². The summed E-state index contributed by atoms with van der Waals surface area (Å²) in [5, 5.41) is 26.1. The minimum atomic E-state index is -0.877. The van der Waals surface area contributed by atoms with Crippen molar-refractivity contribution in [2.24, 2.45) is 0 Å². The van der Waals surface area contributed by atoms with Crippen LogP contribution >= 0.6 is 11.3 Å². The minimum Gasteiger partial charge on any atom is -0.504 e. The van der Waals surface area contributed by atoms with Crippen LogP contribution in [0.15, 0.2) is 36.4 Å². The number of hydrogen-bond acceptors (Lipinski definition) is 9. The lowest BCUT2D eigenvalue weighted by Gasteiger charge is -2.46. The van der Waals surface area contributed by atoms with Gasteiger partial charge in [0.15, 0.2) is 16.6 Å². The summed E-state index contributed by atoms with van der Waals surface area (Å²) >= 11 is 1.37. The number of phenols is 2.